The van der Waals surface area contributed by atoms with Crippen LogP contribution in [-0.2, 0) is 36.8 Å². The van der Waals surface area contributed by atoms with Gasteiger partial charge < -0.3 is 9.79 Å². The van der Waals surface area contributed by atoms with E-state index in [2.05, 4.69) is 32.2 Å². The zero-order valence-corrected chi connectivity index (χ0v) is 11.2. The zero-order chi connectivity index (χ0) is 10.9. The number of nitrogens with two attached hydrogens (primary N) is 1. The Morgan fingerprint density at radius 1 is 1.15 bits per heavy atom. The molecule has 0 spiro atoms. The molecule has 11 heteroatoms. The molecule has 0 aromatic rings. The topological polar surface area (TPSA) is 102 Å². The molecule has 6 nitrogen and oxygen atoms in total. The summed E-state index contributed by atoms with van der Waals surface area (Å²) in [5.74, 6) is 0. The standard InChI is InChI=1S/C2H10NO5P3S2/c1-9(4,12)7-11(3,6)8-10(2,5)13/h1-2H3,(H2,3,6)(H,4,12)(H,5,13). The van der Waals surface area contributed by atoms with Crippen LogP contribution in [0.3, 0.4) is 0 Å². The van der Waals surface area contributed by atoms with Crippen molar-refractivity contribution in [3.8, 4) is 0 Å². The lowest BCUT2D eigenvalue weighted by molar-refractivity contribution is 0.376. The van der Waals surface area contributed by atoms with Gasteiger partial charge >= 0.3 is 7.75 Å². The van der Waals surface area contributed by atoms with E-state index in [1.165, 1.54) is 0 Å². The second kappa shape index (κ2) is 4.45. The highest BCUT2D eigenvalue weighted by atomic mass is 32.5. The fraction of sp³-hybridized carbons (Fsp3) is 1.00. The average Bonchev–Trinajstić information content (AvgIpc) is 1.43. The minimum absolute atomic E-state index is 1.15. The van der Waals surface area contributed by atoms with Crippen molar-refractivity contribution in [2.24, 2.45) is 5.50 Å². The van der Waals surface area contributed by atoms with Crippen LogP contribution >= 0.6 is 20.7 Å². The van der Waals surface area contributed by atoms with Crippen LogP contribution in [0.4, 0.5) is 0 Å². The van der Waals surface area contributed by atoms with E-state index in [0.29, 0.717) is 0 Å². The van der Waals surface area contributed by atoms with Gasteiger partial charge in [0.15, 0.2) is 13.0 Å². The summed E-state index contributed by atoms with van der Waals surface area (Å²) < 4.78 is 20.0. The van der Waals surface area contributed by atoms with E-state index in [-0.39, 0.29) is 0 Å². The van der Waals surface area contributed by atoms with Crippen molar-refractivity contribution in [2.45, 2.75) is 0 Å². The van der Waals surface area contributed by atoms with Crippen molar-refractivity contribution in [3.05, 3.63) is 0 Å². The molecule has 0 heterocycles. The van der Waals surface area contributed by atoms with Gasteiger partial charge in [-0.2, -0.15) is 0 Å². The third kappa shape index (κ3) is 9.63. The molecule has 80 valence electrons. The molecule has 0 saturated carbocycles. The number of hydrogen-bond donors (Lipinski definition) is 3. The van der Waals surface area contributed by atoms with Gasteiger partial charge in [0.1, 0.15) is 0 Å². The Bertz CT molecular complexity index is 290. The van der Waals surface area contributed by atoms with E-state index < -0.39 is 20.7 Å². The van der Waals surface area contributed by atoms with Crippen LogP contribution in [0.2, 0.25) is 0 Å². The summed E-state index contributed by atoms with van der Waals surface area (Å²) in [5.41, 5.74) is 5.00. The third-order valence-corrected chi connectivity index (χ3v) is 5.98. The van der Waals surface area contributed by atoms with Gasteiger partial charge in [-0.1, -0.05) is 0 Å². The fourth-order valence-corrected chi connectivity index (χ4v) is 5.88. The van der Waals surface area contributed by atoms with Gasteiger partial charge in [-0.05, 0) is 23.6 Å². The van der Waals surface area contributed by atoms with Gasteiger partial charge in [-0.15, -0.1) is 0 Å². The molecule has 0 aliphatic rings. The van der Waals surface area contributed by atoms with E-state index in [1.807, 2.05) is 0 Å². The molecule has 0 aromatic heterocycles. The number of rotatable bonds is 4. The first-order valence-electron chi connectivity index (χ1n) is 2.83. The third-order valence-electron chi connectivity index (χ3n) is 0.531. The summed E-state index contributed by atoms with van der Waals surface area (Å²) in [6, 6.07) is 0. The predicted octanol–water partition coefficient (Wildman–Crippen LogP) is 0.950. The van der Waals surface area contributed by atoms with Crippen molar-refractivity contribution in [1.82, 2.24) is 0 Å². The average molecular weight is 285 g/mol. The van der Waals surface area contributed by atoms with E-state index >= 15 is 0 Å². The zero-order valence-electron chi connectivity index (χ0n) is 6.85. The summed E-state index contributed by atoms with van der Waals surface area (Å²) in [6.45, 7) is -4.08. The van der Waals surface area contributed by atoms with E-state index in [1.54, 1.807) is 0 Å². The maximum absolute atomic E-state index is 11.2. The molecule has 2 unspecified atom stereocenters. The molecule has 0 aromatic carbocycles. The summed E-state index contributed by atoms with van der Waals surface area (Å²) in [6.07, 6.45) is 0. The lowest BCUT2D eigenvalue weighted by Gasteiger charge is -2.19. The fourth-order valence-electron chi connectivity index (χ4n) is 0.437. The highest BCUT2D eigenvalue weighted by molar-refractivity contribution is 8.12. The maximum Gasteiger partial charge on any atom is 0.414 e. The van der Waals surface area contributed by atoms with Crippen molar-refractivity contribution in [1.29, 1.82) is 0 Å². The summed E-state index contributed by atoms with van der Waals surface area (Å²) in [4.78, 5) is 18.0. The van der Waals surface area contributed by atoms with Gasteiger partial charge in [0, 0.05) is 13.3 Å². The molecule has 0 amide bonds. The molecule has 0 rings (SSSR count). The summed E-state index contributed by atoms with van der Waals surface area (Å²) in [7, 11) is -4.05. The van der Waals surface area contributed by atoms with Crippen LogP contribution in [0.15, 0.2) is 0 Å². The van der Waals surface area contributed by atoms with Gasteiger partial charge in [-0.25, -0.2) is 18.7 Å². The molecule has 4 N–H and O–H groups in total. The van der Waals surface area contributed by atoms with Gasteiger partial charge in [0.25, 0.3) is 0 Å². The number of hydrogen-bond acceptors (Lipinski definition) is 5. The second-order valence-corrected chi connectivity index (χ2v) is 12.0. The summed E-state index contributed by atoms with van der Waals surface area (Å²) >= 11 is 8.86. The van der Waals surface area contributed by atoms with Crippen molar-refractivity contribution < 1.29 is 23.0 Å². The minimum atomic E-state index is -4.05. The van der Waals surface area contributed by atoms with Crippen molar-refractivity contribution in [2.75, 3.05) is 13.3 Å². The predicted molar refractivity (Wildman–Crippen MR) is 58.8 cm³/mol. The van der Waals surface area contributed by atoms with E-state index in [9.17, 15) is 4.57 Å². The minimum Gasteiger partial charge on any atom is -0.345 e. The van der Waals surface area contributed by atoms with E-state index in [0.717, 1.165) is 13.3 Å². The van der Waals surface area contributed by atoms with Crippen LogP contribution < -0.4 is 5.50 Å². The first-order chi connectivity index (χ1) is 5.41. The second-order valence-electron chi connectivity index (χ2n) is 2.31. The van der Waals surface area contributed by atoms with Crippen LogP contribution in [0, 0.1) is 0 Å². The molecule has 13 heavy (non-hydrogen) atoms. The quantitative estimate of drug-likeness (QED) is 0.656. The van der Waals surface area contributed by atoms with Gasteiger partial charge in [0.2, 0.25) is 0 Å². The molecule has 2 atom stereocenters. The van der Waals surface area contributed by atoms with Crippen LogP contribution in [-0.4, -0.2) is 23.1 Å². The monoisotopic (exact) mass is 285 g/mol. The molecule has 0 bridgehead atoms. The Morgan fingerprint density at radius 2 is 1.38 bits per heavy atom. The van der Waals surface area contributed by atoms with Crippen molar-refractivity contribution >= 4 is 44.3 Å². The largest absolute Gasteiger partial charge is 0.414 e. The van der Waals surface area contributed by atoms with Crippen LogP contribution in [0.1, 0.15) is 0 Å². The normalized spacial score (nSPS) is 25.6. The van der Waals surface area contributed by atoms with E-state index in [4.69, 9.17) is 15.3 Å². The molecule has 0 radical (unpaired) electrons. The summed E-state index contributed by atoms with van der Waals surface area (Å²) in [5, 5.41) is 0. The Balaban J connectivity index is 4.54. The molecule has 0 fully saturated rings. The smallest absolute Gasteiger partial charge is 0.345 e. The molecular formula is C2H10NO5P3S2. The highest BCUT2D eigenvalue weighted by Crippen LogP contribution is 2.63. The SMILES string of the molecule is CP(O)(=S)OP(N)(=O)OP(C)(O)=S. The van der Waals surface area contributed by atoms with Gasteiger partial charge in [0.05, 0.1) is 0 Å². The van der Waals surface area contributed by atoms with Crippen LogP contribution in [0.25, 0.3) is 0 Å². The molecule has 0 aliphatic carbocycles. The lowest BCUT2D eigenvalue weighted by Crippen LogP contribution is -2.00. The molecule has 0 saturated heterocycles. The Labute approximate surface area is 86.4 Å². The van der Waals surface area contributed by atoms with Gasteiger partial charge in [-0.3, -0.25) is 0 Å². The lowest BCUT2D eigenvalue weighted by atomic mass is 12.0. The molecule has 0 aliphatic heterocycles. The first-order valence-corrected chi connectivity index (χ1v) is 10.7. The van der Waals surface area contributed by atoms with Crippen LogP contribution in [0.5, 0.6) is 0 Å². The molecular weight excluding hydrogens is 275 g/mol. The van der Waals surface area contributed by atoms with Crippen molar-refractivity contribution in [3.63, 3.8) is 0 Å². The first kappa shape index (κ1) is 14.3. The Kier molecular flexibility index (Phi) is 4.91. The Hall–Kier alpha value is 1.33. The highest BCUT2D eigenvalue weighted by Gasteiger charge is 2.29. The Morgan fingerprint density at radius 3 is 1.54 bits per heavy atom. The maximum atomic E-state index is 11.2.